The van der Waals surface area contributed by atoms with Gasteiger partial charge in [-0.3, -0.25) is 14.5 Å². The number of esters is 2. The first kappa shape index (κ1) is 19.9. The molecule has 1 N–H and O–H groups in total. The molecule has 8 heteroatoms. The lowest BCUT2D eigenvalue weighted by Crippen LogP contribution is -2.54. The molecule has 2 atom stereocenters. The van der Waals surface area contributed by atoms with Crippen molar-refractivity contribution >= 4 is 23.9 Å². The van der Waals surface area contributed by atoms with Crippen LogP contribution in [-0.2, 0) is 25.7 Å². The van der Waals surface area contributed by atoms with Gasteiger partial charge in [0, 0.05) is 0 Å². The first-order valence-corrected chi connectivity index (χ1v) is 9.34. The SMILES string of the molecule is COC(=O)c1cccc(COC(=O)CN2C(=O)NC3(CCCCC3C)C2=O)c1. The number of hydrogen-bond donors (Lipinski definition) is 1. The zero-order valence-corrected chi connectivity index (χ0v) is 16.0. The summed E-state index contributed by atoms with van der Waals surface area (Å²) in [7, 11) is 1.28. The summed E-state index contributed by atoms with van der Waals surface area (Å²) in [6.07, 6.45) is 3.34. The van der Waals surface area contributed by atoms with Crippen molar-refractivity contribution in [2.75, 3.05) is 13.7 Å². The Bertz CT molecular complexity index is 808. The summed E-state index contributed by atoms with van der Waals surface area (Å²) in [5.41, 5.74) is 0.0500. The Morgan fingerprint density at radius 2 is 2.07 bits per heavy atom. The molecule has 150 valence electrons. The Balaban J connectivity index is 1.60. The molecule has 0 radical (unpaired) electrons. The minimum atomic E-state index is -0.898. The van der Waals surface area contributed by atoms with Gasteiger partial charge in [0.1, 0.15) is 18.7 Å². The summed E-state index contributed by atoms with van der Waals surface area (Å²) in [4.78, 5) is 49.9. The van der Waals surface area contributed by atoms with Crippen LogP contribution in [0, 0.1) is 5.92 Å². The van der Waals surface area contributed by atoms with Crippen molar-refractivity contribution in [2.24, 2.45) is 5.92 Å². The number of ether oxygens (including phenoxy) is 2. The quantitative estimate of drug-likeness (QED) is 0.612. The van der Waals surface area contributed by atoms with E-state index in [4.69, 9.17) is 4.74 Å². The van der Waals surface area contributed by atoms with E-state index in [0.717, 1.165) is 24.2 Å². The van der Waals surface area contributed by atoms with E-state index >= 15 is 0 Å². The van der Waals surface area contributed by atoms with Crippen LogP contribution in [0.4, 0.5) is 4.79 Å². The molecule has 1 spiro atoms. The first-order valence-electron chi connectivity index (χ1n) is 9.34. The second-order valence-electron chi connectivity index (χ2n) is 7.29. The number of nitrogens with zero attached hydrogens (tertiary/aromatic N) is 1. The Labute approximate surface area is 163 Å². The number of methoxy groups -OCH3 is 1. The van der Waals surface area contributed by atoms with E-state index in [1.54, 1.807) is 24.3 Å². The van der Waals surface area contributed by atoms with Crippen molar-refractivity contribution in [2.45, 2.75) is 44.8 Å². The smallest absolute Gasteiger partial charge is 0.337 e. The van der Waals surface area contributed by atoms with Gasteiger partial charge in [0.2, 0.25) is 0 Å². The Kier molecular flexibility index (Phi) is 5.67. The number of imide groups is 1. The van der Waals surface area contributed by atoms with Crippen LogP contribution in [0.1, 0.15) is 48.5 Å². The van der Waals surface area contributed by atoms with Gasteiger partial charge in [0.25, 0.3) is 5.91 Å². The third kappa shape index (κ3) is 3.72. The van der Waals surface area contributed by atoms with Crippen molar-refractivity contribution in [3.05, 3.63) is 35.4 Å². The Morgan fingerprint density at radius 1 is 1.29 bits per heavy atom. The molecule has 1 aliphatic carbocycles. The molecule has 1 saturated carbocycles. The monoisotopic (exact) mass is 388 g/mol. The van der Waals surface area contributed by atoms with E-state index in [0.29, 0.717) is 17.5 Å². The van der Waals surface area contributed by atoms with Crippen molar-refractivity contribution < 1.29 is 28.7 Å². The van der Waals surface area contributed by atoms with Crippen LogP contribution < -0.4 is 5.32 Å². The third-order valence-corrected chi connectivity index (χ3v) is 5.54. The Hall–Kier alpha value is -2.90. The minimum absolute atomic E-state index is 0.0276. The number of urea groups is 1. The van der Waals surface area contributed by atoms with Gasteiger partial charge in [0.15, 0.2) is 0 Å². The normalized spacial score (nSPS) is 24.2. The summed E-state index contributed by atoms with van der Waals surface area (Å²) in [5, 5.41) is 2.80. The number of nitrogens with one attached hydrogen (secondary N) is 1. The average molecular weight is 388 g/mol. The maximum Gasteiger partial charge on any atom is 0.337 e. The molecule has 28 heavy (non-hydrogen) atoms. The van der Waals surface area contributed by atoms with Crippen LogP contribution in [0.15, 0.2) is 24.3 Å². The molecular formula is C20H24N2O6. The summed E-state index contributed by atoms with van der Waals surface area (Å²) in [5.74, 6) is -1.50. The number of rotatable bonds is 5. The third-order valence-electron chi connectivity index (χ3n) is 5.54. The maximum absolute atomic E-state index is 12.8. The molecule has 1 aliphatic heterocycles. The molecular weight excluding hydrogens is 364 g/mol. The first-order chi connectivity index (χ1) is 13.4. The minimum Gasteiger partial charge on any atom is -0.465 e. The topological polar surface area (TPSA) is 102 Å². The fraction of sp³-hybridized carbons (Fsp3) is 0.500. The summed E-state index contributed by atoms with van der Waals surface area (Å²) < 4.78 is 9.85. The summed E-state index contributed by atoms with van der Waals surface area (Å²) in [6.45, 7) is 1.44. The lowest BCUT2D eigenvalue weighted by atomic mass is 9.73. The number of hydrogen-bond acceptors (Lipinski definition) is 6. The van der Waals surface area contributed by atoms with Gasteiger partial charge in [-0.15, -0.1) is 0 Å². The van der Waals surface area contributed by atoms with Gasteiger partial charge in [-0.05, 0) is 36.5 Å². The molecule has 1 heterocycles. The van der Waals surface area contributed by atoms with Crippen LogP contribution in [0.25, 0.3) is 0 Å². The van der Waals surface area contributed by atoms with Gasteiger partial charge in [-0.1, -0.05) is 31.9 Å². The number of carbonyl (C=O) groups is 4. The highest BCUT2D eigenvalue weighted by Gasteiger charge is 2.55. The number of benzene rings is 1. The van der Waals surface area contributed by atoms with Gasteiger partial charge in [-0.25, -0.2) is 9.59 Å². The van der Waals surface area contributed by atoms with Crippen LogP contribution in [0.5, 0.6) is 0 Å². The highest BCUT2D eigenvalue weighted by molar-refractivity contribution is 6.09. The molecule has 3 rings (SSSR count). The standard InChI is InChI=1S/C20H24N2O6/c1-13-6-3-4-9-20(13)18(25)22(19(26)21-20)11-16(23)28-12-14-7-5-8-15(10-14)17(24)27-2/h5,7-8,10,13H,3-4,6,9,11-12H2,1-2H3,(H,21,26). The fourth-order valence-corrected chi connectivity index (χ4v) is 3.88. The van der Waals surface area contributed by atoms with Crippen LogP contribution >= 0.6 is 0 Å². The van der Waals surface area contributed by atoms with Crippen LogP contribution in [-0.4, -0.2) is 48.0 Å². The van der Waals surface area contributed by atoms with E-state index in [2.05, 4.69) is 10.1 Å². The zero-order chi connectivity index (χ0) is 20.3. The molecule has 0 bridgehead atoms. The van der Waals surface area contributed by atoms with Crippen LogP contribution in [0.2, 0.25) is 0 Å². The molecule has 2 fully saturated rings. The van der Waals surface area contributed by atoms with E-state index in [-0.39, 0.29) is 18.4 Å². The number of amides is 3. The molecule has 3 amide bonds. The van der Waals surface area contributed by atoms with Gasteiger partial charge in [0.05, 0.1) is 12.7 Å². The largest absolute Gasteiger partial charge is 0.465 e. The lowest BCUT2D eigenvalue weighted by molar-refractivity contribution is -0.149. The van der Waals surface area contributed by atoms with Crippen LogP contribution in [0.3, 0.4) is 0 Å². The second-order valence-corrected chi connectivity index (χ2v) is 7.29. The predicted octanol–water partition coefficient (Wildman–Crippen LogP) is 2.02. The lowest BCUT2D eigenvalue weighted by Gasteiger charge is -2.36. The molecule has 1 saturated heterocycles. The van der Waals surface area contributed by atoms with E-state index in [9.17, 15) is 19.2 Å². The second kappa shape index (κ2) is 8.00. The summed E-state index contributed by atoms with van der Waals surface area (Å²) in [6, 6.07) is 5.96. The van der Waals surface area contributed by atoms with Gasteiger partial charge < -0.3 is 14.8 Å². The molecule has 0 aromatic heterocycles. The molecule has 1 aromatic carbocycles. The highest BCUT2D eigenvalue weighted by atomic mass is 16.5. The van der Waals surface area contributed by atoms with Gasteiger partial charge in [-0.2, -0.15) is 0 Å². The zero-order valence-electron chi connectivity index (χ0n) is 16.0. The molecule has 8 nitrogen and oxygen atoms in total. The summed E-state index contributed by atoms with van der Waals surface area (Å²) >= 11 is 0. The molecule has 1 aromatic rings. The fourth-order valence-electron chi connectivity index (χ4n) is 3.88. The average Bonchev–Trinajstić information content (AvgIpc) is 2.93. The highest BCUT2D eigenvalue weighted by Crippen LogP contribution is 2.38. The number of carbonyl (C=O) groups excluding carboxylic acids is 4. The predicted molar refractivity (Wildman–Crippen MR) is 98.2 cm³/mol. The van der Waals surface area contributed by atoms with Crippen molar-refractivity contribution in [3.63, 3.8) is 0 Å². The van der Waals surface area contributed by atoms with Gasteiger partial charge >= 0.3 is 18.0 Å². The van der Waals surface area contributed by atoms with Crippen molar-refractivity contribution in [1.82, 2.24) is 10.2 Å². The Morgan fingerprint density at radius 3 is 2.79 bits per heavy atom. The maximum atomic E-state index is 12.8. The molecule has 2 unspecified atom stereocenters. The van der Waals surface area contributed by atoms with E-state index in [1.807, 2.05) is 6.92 Å². The van der Waals surface area contributed by atoms with E-state index < -0.39 is 30.1 Å². The molecule has 2 aliphatic rings. The van der Waals surface area contributed by atoms with E-state index in [1.165, 1.54) is 7.11 Å². The van der Waals surface area contributed by atoms with Crippen molar-refractivity contribution in [1.29, 1.82) is 0 Å². The van der Waals surface area contributed by atoms with Crippen molar-refractivity contribution in [3.8, 4) is 0 Å².